The Balaban J connectivity index is 2.14. The first-order valence-corrected chi connectivity index (χ1v) is 7.02. The molecule has 1 aromatic rings. The summed E-state index contributed by atoms with van der Waals surface area (Å²) in [4.78, 5) is 12.2. The Morgan fingerprint density at radius 1 is 1.35 bits per heavy atom. The fraction of sp³-hybridized carbons (Fsp3) is 0.533. The van der Waals surface area contributed by atoms with Crippen LogP contribution in [0.15, 0.2) is 18.2 Å². The number of carbonyl (C=O) groups excluding carboxylic acids is 1. The third kappa shape index (κ3) is 3.48. The van der Waals surface area contributed by atoms with Gasteiger partial charge < -0.3 is 15.7 Å². The normalized spacial score (nSPS) is 22.1. The van der Waals surface area contributed by atoms with Crippen molar-refractivity contribution in [3.8, 4) is 0 Å². The van der Waals surface area contributed by atoms with Gasteiger partial charge in [0.05, 0.1) is 23.4 Å². The number of amides is 1. The molecule has 1 saturated carbocycles. The van der Waals surface area contributed by atoms with E-state index in [9.17, 15) is 14.3 Å². The van der Waals surface area contributed by atoms with Crippen molar-refractivity contribution < 1.29 is 14.3 Å². The molecular formula is C15H21FN2O2. The molecule has 1 aliphatic rings. The zero-order valence-electron chi connectivity index (χ0n) is 11.8. The molecule has 1 aromatic carbocycles. The van der Waals surface area contributed by atoms with Crippen LogP contribution in [0.4, 0.5) is 15.8 Å². The number of halogens is 1. The van der Waals surface area contributed by atoms with Crippen molar-refractivity contribution in [2.45, 2.75) is 45.3 Å². The standard InChI is InChI=1S/C15H21FN2O2/c1-9(2)17-12-7-6-10(16)8-13(12)18-15(20)11-4-3-5-14(11)19/h6-9,11,14,17,19H,3-5H2,1-2H3,(H,18,20). The molecule has 0 spiro atoms. The van der Waals surface area contributed by atoms with Crippen LogP contribution in [0.5, 0.6) is 0 Å². The molecule has 0 bridgehead atoms. The van der Waals surface area contributed by atoms with Crippen LogP contribution in [-0.2, 0) is 4.79 Å². The minimum absolute atomic E-state index is 0.174. The molecule has 5 heteroatoms. The van der Waals surface area contributed by atoms with Gasteiger partial charge in [-0.2, -0.15) is 0 Å². The van der Waals surface area contributed by atoms with Gasteiger partial charge in [-0.3, -0.25) is 4.79 Å². The highest BCUT2D eigenvalue weighted by molar-refractivity contribution is 5.96. The number of rotatable bonds is 4. The number of nitrogens with one attached hydrogen (secondary N) is 2. The van der Waals surface area contributed by atoms with Gasteiger partial charge in [-0.1, -0.05) is 0 Å². The number of anilines is 2. The van der Waals surface area contributed by atoms with Crippen molar-refractivity contribution >= 4 is 17.3 Å². The van der Waals surface area contributed by atoms with Gasteiger partial charge in [-0.05, 0) is 51.3 Å². The lowest BCUT2D eigenvalue weighted by atomic mass is 10.1. The molecule has 2 atom stereocenters. The second kappa shape index (κ2) is 6.22. The van der Waals surface area contributed by atoms with Crippen molar-refractivity contribution in [3.63, 3.8) is 0 Å². The monoisotopic (exact) mass is 280 g/mol. The van der Waals surface area contributed by atoms with E-state index in [1.54, 1.807) is 6.07 Å². The van der Waals surface area contributed by atoms with E-state index in [2.05, 4.69) is 10.6 Å². The van der Waals surface area contributed by atoms with Gasteiger partial charge in [-0.15, -0.1) is 0 Å². The molecule has 0 radical (unpaired) electrons. The average molecular weight is 280 g/mol. The zero-order chi connectivity index (χ0) is 14.7. The van der Waals surface area contributed by atoms with Gasteiger partial charge in [0.2, 0.25) is 5.91 Å². The highest BCUT2D eigenvalue weighted by atomic mass is 19.1. The maximum absolute atomic E-state index is 13.4. The van der Waals surface area contributed by atoms with E-state index in [1.807, 2.05) is 13.8 Å². The quantitative estimate of drug-likeness (QED) is 0.794. The fourth-order valence-electron chi connectivity index (χ4n) is 2.53. The Morgan fingerprint density at radius 2 is 2.10 bits per heavy atom. The molecule has 2 rings (SSSR count). The van der Waals surface area contributed by atoms with E-state index in [1.165, 1.54) is 12.1 Å². The number of aliphatic hydroxyl groups is 1. The minimum Gasteiger partial charge on any atom is -0.392 e. The van der Waals surface area contributed by atoms with Crippen LogP contribution in [0.25, 0.3) is 0 Å². The van der Waals surface area contributed by atoms with Crippen LogP contribution in [0.1, 0.15) is 33.1 Å². The molecule has 0 saturated heterocycles. The average Bonchev–Trinajstić information content (AvgIpc) is 2.78. The Morgan fingerprint density at radius 3 is 2.70 bits per heavy atom. The fourth-order valence-corrected chi connectivity index (χ4v) is 2.53. The molecule has 0 aromatic heterocycles. The van der Waals surface area contributed by atoms with Gasteiger partial charge in [0, 0.05) is 6.04 Å². The van der Waals surface area contributed by atoms with Crippen LogP contribution in [-0.4, -0.2) is 23.2 Å². The van der Waals surface area contributed by atoms with E-state index in [4.69, 9.17) is 0 Å². The Labute approximate surface area is 118 Å². The van der Waals surface area contributed by atoms with Crippen LogP contribution in [0.3, 0.4) is 0 Å². The van der Waals surface area contributed by atoms with Crippen LogP contribution < -0.4 is 10.6 Å². The number of aliphatic hydroxyl groups excluding tert-OH is 1. The van der Waals surface area contributed by atoms with E-state index in [0.29, 0.717) is 24.2 Å². The maximum Gasteiger partial charge on any atom is 0.230 e. The van der Waals surface area contributed by atoms with Crippen LogP contribution >= 0.6 is 0 Å². The lowest BCUT2D eigenvalue weighted by molar-refractivity contribution is -0.122. The summed E-state index contributed by atoms with van der Waals surface area (Å²) in [5.41, 5.74) is 1.10. The topological polar surface area (TPSA) is 61.4 Å². The van der Waals surface area contributed by atoms with E-state index < -0.39 is 17.8 Å². The molecule has 0 aliphatic heterocycles. The van der Waals surface area contributed by atoms with Crippen molar-refractivity contribution in [1.29, 1.82) is 0 Å². The SMILES string of the molecule is CC(C)Nc1ccc(F)cc1NC(=O)C1CCCC1O. The number of hydrogen-bond donors (Lipinski definition) is 3. The number of hydrogen-bond acceptors (Lipinski definition) is 3. The molecule has 1 fully saturated rings. The summed E-state index contributed by atoms with van der Waals surface area (Å²) in [7, 11) is 0. The second-order valence-electron chi connectivity index (χ2n) is 5.58. The molecular weight excluding hydrogens is 259 g/mol. The van der Waals surface area contributed by atoms with Gasteiger partial charge in [0.1, 0.15) is 5.82 Å². The highest BCUT2D eigenvalue weighted by Crippen LogP contribution is 2.29. The van der Waals surface area contributed by atoms with E-state index in [0.717, 1.165) is 6.42 Å². The summed E-state index contributed by atoms with van der Waals surface area (Å²) in [5.74, 6) is -1.04. The van der Waals surface area contributed by atoms with Crippen LogP contribution in [0.2, 0.25) is 0 Å². The number of benzene rings is 1. The first-order chi connectivity index (χ1) is 9.47. The predicted molar refractivity (Wildman–Crippen MR) is 77.1 cm³/mol. The zero-order valence-corrected chi connectivity index (χ0v) is 11.8. The van der Waals surface area contributed by atoms with Crippen LogP contribution in [0, 0.1) is 11.7 Å². The first-order valence-electron chi connectivity index (χ1n) is 7.02. The molecule has 0 heterocycles. The van der Waals surface area contributed by atoms with Crippen molar-refractivity contribution in [1.82, 2.24) is 0 Å². The van der Waals surface area contributed by atoms with Crippen molar-refractivity contribution in [2.24, 2.45) is 5.92 Å². The predicted octanol–water partition coefficient (Wildman–Crippen LogP) is 2.75. The summed E-state index contributed by atoms with van der Waals surface area (Å²) in [5, 5.41) is 15.6. The number of carbonyl (C=O) groups is 1. The Bertz CT molecular complexity index is 491. The third-order valence-corrected chi connectivity index (χ3v) is 3.50. The smallest absolute Gasteiger partial charge is 0.230 e. The van der Waals surface area contributed by atoms with Gasteiger partial charge in [-0.25, -0.2) is 4.39 Å². The Kier molecular flexibility index (Phi) is 4.60. The molecule has 1 amide bonds. The lowest BCUT2D eigenvalue weighted by Crippen LogP contribution is -2.29. The van der Waals surface area contributed by atoms with Gasteiger partial charge >= 0.3 is 0 Å². The third-order valence-electron chi connectivity index (χ3n) is 3.50. The molecule has 2 unspecified atom stereocenters. The summed E-state index contributed by atoms with van der Waals surface area (Å²) in [6.45, 7) is 3.94. The van der Waals surface area contributed by atoms with E-state index >= 15 is 0 Å². The molecule has 1 aliphatic carbocycles. The first kappa shape index (κ1) is 14.8. The minimum atomic E-state index is -0.593. The highest BCUT2D eigenvalue weighted by Gasteiger charge is 2.31. The molecule has 110 valence electrons. The second-order valence-corrected chi connectivity index (χ2v) is 5.58. The molecule has 20 heavy (non-hydrogen) atoms. The molecule has 4 nitrogen and oxygen atoms in total. The summed E-state index contributed by atoms with van der Waals surface area (Å²) in [6, 6.07) is 4.43. The summed E-state index contributed by atoms with van der Waals surface area (Å²) < 4.78 is 13.4. The summed E-state index contributed by atoms with van der Waals surface area (Å²) >= 11 is 0. The Hall–Kier alpha value is -1.62. The molecule has 3 N–H and O–H groups in total. The van der Waals surface area contributed by atoms with Crippen molar-refractivity contribution in [3.05, 3.63) is 24.0 Å². The summed E-state index contributed by atoms with van der Waals surface area (Å²) in [6.07, 6.45) is 1.58. The lowest BCUT2D eigenvalue weighted by Gasteiger charge is -2.18. The van der Waals surface area contributed by atoms with Gasteiger partial charge in [0.25, 0.3) is 0 Å². The maximum atomic E-state index is 13.4. The van der Waals surface area contributed by atoms with Gasteiger partial charge in [0.15, 0.2) is 0 Å². The van der Waals surface area contributed by atoms with Crippen molar-refractivity contribution in [2.75, 3.05) is 10.6 Å². The largest absolute Gasteiger partial charge is 0.392 e. The van der Waals surface area contributed by atoms with E-state index in [-0.39, 0.29) is 11.9 Å².